The van der Waals surface area contributed by atoms with Gasteiger partial charge in [-0.05, 0) is 12.0 Å². The van der Waals surface area contributed by atoms with Crippen LogP contribution in [0.5, 0.6) is 0 Å². The van der Waals surface area contributed by atoms with Crippen molar-refractivity contribution in [1.29, 1.82) is 0 Å². The fraction of sp³-hybridized carbons (Fsp3) is 0.636. The Labute approximate surface area is 80.7 Å². The van der Waals surface area contributed by atoms with Crippen LogP contribution in [-0.2, 0) is 4.74 Å². The van der Waals surface area contributed by atoms with Crippen molar-refractivity contribution in [2.45, 2.75) is 32.4 Å². The second kappa shape index (κ2) is 5.20. The first-order valence-electron chi connectivity index (χ1n) is 4.85. The predicted octanol–water partition coefficient (Wildman–Crippen LogP) is 1.89. The Morgan fingerprint density at radius 1 is 1.62 bits per heavy atom. The zero-order valence-electron chi connectivity index (χ0n) is 8.71. The van der Waals surface area contributed by atoms with E-state index in [1.165, 1.54) is 5.57 Å². The van der Waals surface area contributed by atoms with E-state index in [-0.39, 0.29) is 6.10 Å². The van der Waals surface area contributed by atoms with Crippen LogP contribution in [-0.4, -0.2) is 25.8 Å². The first kappa shape index (κ1) is 10.5. The average Bonchev–Trinajstić information content (AvgIpc) is 2.15. The molecule has 0 heterocycles. The number of hydrogen-bond donors (Lipinski definition) is 1. The summed E-state index contributed by atoms with van der Waals surface area (Å²) in [5.41, 5.74) is 1.36. The molecule has 1 aliphatic rings. The predicted molar refractivity (Wildman–Crippen MR) is 55.8 cm³/mol. The smallest absolute Gasteiger partial charge is 0.0789 e. The fourth-order valence-corrected chi connectivity index (χ4v) is 1.27. The van der Waals surface area contributed by atoms with Gasteiger partial charge in [-0.3, -0.25) is 0 Å². The van der Waals surface area contributed by atoms with E-state index >= 15 is 0 Å². The molecule has 74 valence electrons. The van der Waals surface area contributed by atoms with E-state index < -0.39 is 0 Å². The fourth-order valence-electron chi connectivity index (χ4n) is 1.27. The first-order chi connectivity index (χ1) is 6.22. The van der Waals surface area contributed by atoms with E-state index in [1.807, 2.05) is 0 Å². The van der Waals surface area contributed by atoms with Crippen LogP contribution < -0.4 is 5.32 Å². The van der Waals surface area contributed by atoms with Crippen molar-refractivity contribution in [3.63, 3.8) is 0 Å². The van der Waals surface area contributed by atoms with Gasteiger partial charge in [0.25, 0.3) is 0 Å². The van der Waals surface area contributed by atoms with Crippen LogP contribution in [0, 0.1) is 0 Å². The molecule has 0 saturated carbocycles. The lowest BCUT2D eigenvalue weighted by Gasteiger charge is -2.15. The second-order valence-electron chi connectivity index (χ2n) is 3.68. The zero-order valence-corrected chi connectivity index (χ0v) is 8.71. The summed E-state index contributed by atoms with van der Waals surface area (Å²) < 4.78 is 5.21. The third-order valence-electron chi connectivity index (χ3n) is 2.15. The molecule has 1 rings (SSSR count). The zero-order chi connectivity index (χ0) is 9.68. The highest BCUT2D eigenvalue weighted by atomic mass is 16.5. The maximum atomic E-state index is 5.21. The molecule has 0 spiro atoms. The maximum absolute atomic E-state index is 5.21. The summed E-state index contributed by atoms with van der Waals surface area (Å²) in [4.78, 5) is 0. The maximum Gasteiger partial charge on any atom is 0.0789 e. The molecule has 0 radical (unpaired) electrons. The largest absolute Gasteiger partial charge is 0.377 e. The Balaban J connectivity index is 2.30. The minimum atomic E-state index is 0.280. The van der Waals surface area contributed by atoms with Crippen LogP contribution in [0.3, 0.4) is 0 Å². The summed E-state index contributed by atoms with van der Waals surface area (Å²) in [6.45, 7) is 5.28. The van der Waals surface area contributed by atoms with Gasteiger partial charge in [0, 0.05) is 19.7 Å². The summed E-state index contributed by atoms with van der Waals surface area (Å²) in [7, 11) is 1.75. The third-order valence-corrected chi connectivity index (χ3v) is 2.15. The van der Waals surface area contributed by atoms with E-state index in [1.54, 1.807) is 7.11 Å². The number of hydrogen-bond acceptors (Lipinski definition) is 2. The lowest BCUT2D eigenvalue weighted by Crippen LogP contribution is -2.25. The van der Waals surface area contributed by atoms with Crippen molar-refractivity contribution >= 4 is 0 Å². The molecule has 1 atom stereocenters. The van der Waals surface area contributed by atoms with Crippen molar-refractivity contribution in [3.8, 4) is 0 Å². The van der Waals surface area contributed by atoms with Crippen molar-refractivity contribution in [3.05, 3.63) is 23.8 Å². The Morgan fingerprint density at radius 2 is 2.38 bits per heavy atom. The molecule has 0 aromatic heterocycles. The molecule has 1 N–H and O–H groups in total. The van der Waals surface area contributed by atoms with Gasteiger partial charge >= 0.3 is 0 Å². The molecule has 0 amide bonds. The normalized spacial score (nSPS) is 22.2. The summed E-state index contributed by atoms with van der Waals surface area (Å²) in [5, 5.41) is 3.39. The second-order valence-corrected chi connectivity index (χ2v) is 3.68. The number of rotatable bonds is 4. The quantitative estimate of drug-likeness (QED) is 0.715. The molecule has 13 heavy (non-hydrogen) atoms. The minimum Gasteiger partial charge on any atom is -0.377 e. The molecule has 2 heteroatoms. The number of ether oxygens (including phenoxy) is 1. The molecule has 0 aromatic carbocycles. The van der Waals surface area contributed by atoms with Gasteiger partial charge in [-0.1, -0.05) is 32.1 Å². The monoisotopic (exact) mass is 181 g/mol. The van der Waals surface area contributed by atoms with Gasteiger partial charge in [0.1, 0.15) is 0 Å². The Hall–Kier alpha value is -0.600. The molecular formula is C11H19NO. The Bertz CT molecular complexity index is 206. The van der Waals surface area contributed by atoms with Gasteiger partial charge < -0.3 is 10.1 Å². The van der Waals surface area contributed by atoms with Crippen LogP contribution >= 0.6 is 0 Å². The highest BCUT2D eigenvalue weighted by molar-refractivity contribution is 5.25. The highest BCUT2D eigenvalue weighted by Crippen LogP contribution is 2.11. The summed E-state index contributed by atoms with van der Waals surface area (Å²) in [6, 6.07) is 0.550. The van der Waals surface area contributed by atoms with E-state index in [0.29, 0.717) is 6.04 Å². The topological polar surface area (TPSA) is 21.3 Å². The van der Waals surface area contributed by atoms with Gasteiger partial charge in [-0.2, -0.15) is 0 Å². The summed E-state index contributed by atoms with van der Waals surface area (Å²) >= 11 is 0. The molecule has 1 aliphatic carbocycles. The average molecular weight is 181 g/mol. The molecule has 0 aliphatic heterocycles. The Kier molecular flexibility index (Phi) is 4.19. The molecular weight excluding hydrogens is 162 g/mol. The highest BCUT2D eigenvalue weighted by Gasteiger charge is 2.06. The van der Waals surface area contributed by atoms with Gasteiger partial charge in [0.2, 0.25) is 0 Å². The van der Waals surface area contributed by atoms with E-state index in [0.717, 1.165) is 13.0 Å². The van der Waals surface area contributed by atoms with Gasteiger partial charge in [0.15, 0.2) is 0 Å². The molecule has 0 fully saturated rings. The third kappa shape index (κ3) is 3.75. The minimum absolute atomic E-state index is 0.280. The van der Waals surface area contributed by atoms with Crippen molar-refractivity contribution in [2.24, 2.45) is 0 Å². The molecule has 1 unspecified atom stereocenters. The van der Waals surface area contributed by atoms with Crippen LogP contribution in [0.25, 0.3) is 0 Å². The molecule has 2 nitrogen and oxygen atoms in total. The van der Waals surface area contributed by atoms with Crippen molar-refractivity contribution in [2.75, 3.05) is 13.7 Å². The van der Waals surface area contributed by atoms with Gasteiger partial charge in [-0.15, -0.1) is 0 Å². The standard InChI is InChI=1S/C11H19NO/c1-9(2)12-8-10-4-6-11(13-3)7-5-10/h4-6,9,11-12H,7-8H2,1-3H3. The van der Waals surface area contributed by atoms with Crippen molar-refractivity contribution in [1.82, 2.24) is 5.32 Å². The number of nitrogens with one attached hydrogen (secondary N) is 1. The molecule has 0 saturated heterocycles. The van der Waals surface area contributed by atoms with E-state index in [4.69, 9.17) is 4.74 Å². The summed E-state index contributed by atoms with van der Waals surface area (Å²) in [6.07, 6.45) is 7.79. The van der Waals surface area contributed by atoms with E-state index in [9.17, 15) is 0 Å². The number of methoxy groups -OCH3 is 1. The van der Waals surface area contributed by atoms with Crippen LogP contribution in [0.1, 0.15) is 20.3 Å². The van der Waals surface area contributed by atoms with Crippen LogP contribution in [0.4, 0.5) is 0 Å². The van der Waals surface area contributed by atoms with Gasteiger partial charge in [0.05, 0.1) is 6.10 Å². The van der Waals surface area contributed by atoms with E-state index in [2.05, 4.69) is 37.4 Å². The lowest BCUT2D eigenvalue weighted by atomic mass is 10.0. The summed E-state index contributed by atoms with van der Waals surface area (Å²) in [5.74, 6) is 0. The lowest BCUT2D eigenvalue weighted by molar-refractivity contribution is 0.142. The molecule has 0 bridgehead atoms. The van der Waals surface area contributed by atoms with Crippen molar-refractivity contribution < 1.29 is 4.74 Å². The van der Waals surface area contributed by atoms with Crippen LogP contribution in [0.2, 0.25) is 0 Å². The Morgan fingerprint density at radius 3 is 2.85 bits per heavy atom. The molecule has 0 aromatic rings. The van der Waals surface area contributed by atoms with Gasteiger partial charge in [-0.25, -0.2) is 0 Å². The SMILES string of the molecule is COC1C=CC(CNC(C)C)=CC1. The first-order valence-corrected chi connectivity index (χ1v) is 4.85. The van der Waals surface area contributed by atoms with Crippen LogP contribution in [0.15, 0.2) is 23.8 Å².